The highest BCUT2D eigenvalue weighted by Crippen LogP contribution is 2.20. The first-order valence-electron chi connectivity index (χ1n) is 6.83. The van der Waals surface area contributed by atoms with Crippen molar-refractivity contribution in [3.05, 3.63) is 0 Å². The molecule has 1 N–H and O–H groups in total. The van der Waals surface area contributed by atoms with Gasteiger partial charge in [-0.15, -0.1) is 0 Å². The molecule has 2 rings (SSSR count). The lowest BCUT2D eigenvalue weighted by Crippen LogP contribution is -2.44. The number of hydrogen-bond acceptors (Lipinski definition) is 3. The van der Waals surface area contributed by atoms with Crippen molar-refractivity contribution in [2.45, 2.75) is 32.7 Å². The Hall–Kier alpha value is -0.120. The lowest BCUT2D eigenvalue weighted by Gasteiger charge is -2.33. The van der Waals surface area contributed by atoms with Crippen LogP contribution in [-0.2, 0) is 4.74 Å². The van der Waals surface area contributed by atoms with Gasteiger partial charge in [0.1, 0.15) is 0 Å². The molecule has 0 aliphatic carbocycles. The van der Waals surface area contributed by atoms with Crippen molar-refractivity contribution in [3.63, 3.8) is 0 Å². The molecular weight excluding hydrogens is 200 g/mol. The fraction of sp³-hybridized carbons (Fsp3) is 1.00. The Morgan fingerprint density at radius 2 is 2.25 bits per heavy atom. The molecule has 3 heteroatoms. The maximum atomic E-state index is 5.60. The zero-order chi connectivity index (χ0) is 11.4. The summed E-state index contributed by atoms with van der Waals surface area (Å²) in [6.07, 6.45) is 2.79. The van der Waals surface area contributed by atoms with Crippen LogP contribution in [0, 0.1) is 11.8 Å². The molecule has 2 saturated heterocycles. The van der Waals surface area contributed by atoms with Gasteiger partial charge in [-0.2, -0.15) is 0 Å². The summed E-state index contributed by atoms with van der Waals surface area (Å²) in [5.41, 5.74) is 0. The molecule has 0 aromatic rings. The summed E-state index contributed by atoms with van der Waals surface area (Å²) in [4.78, 5) is 2.64. The Kier molecular flexibility index (Phi) is 4.62. The maximum Gasteiger partial charge on any atom is 0.0623 e. The van der Waals surface area contributed by atoms with Gasteiger partial charge in [0.25, 0.3) is 0 Å². The minimum Gasteiger partial charge on any atom is -0.379 e. The standard InChI is InChI=1S/C13H26N2O/c1-3-14-13-10-16-9-12(13)8-15-6-4-5-11(2)7-15/h11-14H,3-10H2,1-2H3. The van der Waals surface area contributed by atoms with Gasteiger partial charge in [0, 0.05) is 25.0 Å². The largest absolute Gasteiger partial charge is 0.379 e. The third kappa shape index (κ3) is 3.19. The van der Waals surface area contributed by atoms with Gasteiger partial charge in [-0.25, -0.2) is 0 Å². The first kappa shape index (κ1) is 12.3. The number of nitrogens with zero attached hydrogens (tertiary/aromatic N) is 1. The third-order valence-corrected chi connectivity index (χ3v) is 3.90. The van der Waals surface area contributed by atoms with Crippen LogP contribution in [0.25, 0.3) is 0 Å². The summed E-state index contributed by atoms with van der Waals surface area (Å²) >= 11 is 0. The van der Waals surface area contributed by atoms with E-state index in [0.29, 0.717) is 12.0 Å². The molecule has 0 aromatic heterocycles. The van der Waals surface area contributed by atoms with Gasteiger partial charge >= 0.3 is 0 Å². The van der Waals surface area contributed by atoms with E-state index in [1.54, 1.807) is 0 Å². The monoisotopic (exact) mass is 226 g/mol. The van der Waals surface area contributed by atoms with Gasteiger partial charge in [-0.1, -0.05) is 13.8 Å². The van der Waals surface area contributed by atoms with Crippen LogP contribution in [0.15, 0.2) is 0 Å². The zero-order valence-corrected chi connectivity index (χ0v) is 10.7. The summed E-state index contributed by atoms with van der Waals surface area (Å²) in [5.74, 6) is 1.58. The number of ether oxygens (including phenoxy) is 1. The van der Waals surface area contributed by atoms with E-state index in [2.05, 4.69) is 24.1 Å². The van der Waals surface area contributed by atoms with Gasteiger partial charge in [0.2, 0.25) is 0 Å². The smallest absolute Gasteiger partial charge is 0.0623 e. The van der Waals surface area contributed by atoms with Crippen molar-refractivity contribution >= 4 is 0 Å². The van der Waals surface area contributed by atoms with E-state index in [0.717, 1.165) is 25.7 Å². The Bertz CT molecular complexity index is 210. The first-order valence-corrected chi connectivity index (χ1v) is 6.83. The van der Waals surface area contributed by atoms with Crippen LogP contribution in [0.5, 0.6) is 0 Å². The Balaban J connectivity index is 1.79. The highest BCUT2D eigenvalue weighted by atomic mass is 16.5. The summed E-state index contributed by atoms with van der Waals surface area (Å²) < 4.78 is 5.60. The van der Waals surface area contributed by atoms with Crippen molar-refractivity contribution in [2.24, 2.45) is 11.8 Å². The molecule has 3 nitrogen and oxygen atoms in total. The van der Waals surface area contributed by atoms with Gasteiger partial charge in [-0.05, 0) is 31.8 Å². The van der Waals surface area contributed by atoms with Crippen LogP contribution in [0.2, 0.25) is 0 Å². The number of nitrogens with one attached hydrogen (secondary N) is 1. The SMILES string of the molecule is CCNC1COCC1CN1CCCC(C)C1. The van der Waals surface area contributed by atoms with Crippen LogP contribution < -0.4 is 5.32 Å². The minimum absolute atomic E-state index is 0.585. The van der Waals surface area contributed by atoms with E-state index in [1.165, 1.54) is 32.5 Å². The predicted molar refractivity (Wildman–Crippen MR) is 66.6 cm³/mol. The van der Waals surface area contributed by atoms with E-state index < -0.39 is 0 Å². The average Bonchev–Trinajstić information content (AvgIpc) is 2.66. The van der Waals surface area contributed by atoms with Gasteiger partial charge in [0.15, 0.2) is 0 Å². The third-order valence-electron chi connectivity index (χ3n) is 3.90. The van der Waals surface area contributed by atoms with Gasteiger partial charge in [0.05, 0.1) is 13.2 Å². The molecule has 3 atom stereocenters. The molecule has 3 unspecified atom stereocenters. The van der Waals surface area contributed by atoms with E-state index in [9.17, 15) is 0 Å². The van der Waals surface area contributed by atoms with Crippen LogP contribution in [-0.4, -0.2) is 50.3 Å². The fourth-order valence-corrected chi connectivity index (χ4v) is 3.05. The highest BCUT2D eigenvalue weighted by molar-refractivity contribution is 4.84. The van der Waals surface area contributed by atoms with Crippen LogP contribution >= 0.6 is 0 Å². The normalized spacial score (nSPS) is 36.8. The van der Waals surface area contributed by atoms with Crippen molar-refractivity contribution in [3.8, 4) is 0 Å². The molecule has 0 amide bonds. The molecular formula is C13H26N2O. The van der Waals surface area contributed by atoms with Crippen molar-refractivity contribution in [1.82, 2.24) is 10.2 Å². The van der Waals surface area contributed by atoms with E-state index in [4.69, 9.17) is 4.74 Å². The summed E-state index contributed by atoms with van der Waals surface area (Å²) in [7, 11) is 0. The van der Waals surface area contributed by atoms with E-state index in [1.807, 2.05) is 0 Å². The summed E-state index contributed by atoms with van der Waals surface area (Å²) in [6, 6.07) is 0.585. The molecule has 0 saturated carbocycles. The van der Waals surface area contributed by atoms with E-state index >= 15 is 0 Å². The molecule has 16 heavy (non-hydrogen) atoms. The van der Waals surface area contributed by atoms with Crippen molar-refractivity contribution < 1.29 is 4.74 Å². The average molecular weight is 226 g/mol. The number of likely N-dealkylation sites (tertiary alicyclic amines) is 1. The topological polar surface area (TPSA) is 24.5 Å². The zero-order valence-electron chi connectivity index (χ0n) is 10.7. The van der Waals surface area contributed by atoms with Gasteiger partial charge in [-0.3, -0.25) is 0 Å². The molecule has 2 aliphatic heterocycles. The highest BCUT2D eigenvalue weighted by Gasteiger charge is 2.30. The van der Waals surface area contributed by atoms with Crippen molar-refractivity contribution in [2.75, 3.05) is 39.4 Å². The maximum absolute atomic E-state index is 5.60. The molecule has 0 spiro atoms. The number of hydrogen-bond donors (Lipinski definition) is 1. The Labute approximate surface area is 99.5 Å². The second kappa shape index (κ2) is 5.99. The van der Waals surface area contributed by atoms with Crippen LogP contribution in [0.1, 0.15) is 26.7 Å². The fourth-order valence-electron chi connectivity index (χ4n) is 3.05. The molecule has 2 fully saturated rings. The number of likely N-dealkylation sites (N-methyl/N-ethyl adjacent to an activating group) is 1. The molecule has 0 radical (unpaired) electrons. The van der Waals surface area contributed by atoms with Crippen LogP contribution in [0.4, 0.5) is 0 Å². The van der Waals surface area contributed by atoms with E-state index in [-0.39, 0.29) is 0 Å². The number of rotatable bonds is 4. The molecule has 0 bridgehead atoms. The molecule has 2 aliphatic rings. The second-order valence-corrected chi connectivity index (χ2v) is 5.47. The minimum atomic E-state index is 0.585. The molecule has 0 aromatic carbocycles. The predicted octanol–water partition coefficient (Wildman–Crippen LogP) is 1.34. The lowest BCUT2D eigenvalue weighted by atomic mass is 9.97. The summed E-state index contributed by atoms with van der Waals surface area (Å²) in [5, 5.41) is 3.54. The lowest BCUT2D eigenvalue weighted by molar-refractivity contribution is 0.138. The summed E-state index contributed by atoms with van der Waals surface area (Å²) in [6.45, 7) is 11.3. The quantitative estimate of drug-likeness (QED) is 0.783. The Morgan fingerprint density at radius 1 is 1.38 bits per heavy atom. The second-order valence-electron chi connectivity index (χ2n) is 5.47. The van der Waals surface area contributed by atoms with Crippen molar-refractivity contribution in [1.29, 1.82) is 0 Å². The van der Waals surface area contributed by atoms with Crippen LogP contribution in [0.3, 0.4) is 0 Å². The molecule has 94 valence electrons. The first-order chi connectivity index (χ1) is 7.79. The molecule has 2 heterocycles. The number of piperidine rings is 1. The van der Waals surface area contributed by atoms with Gasteiger partial charge < -0.3 is 15.0 Å². The Morgan fingerprint density at radius 3 is 3.00 bits per heavy atom.